The van der Waals surface area contributed by atoms with Crippen molar-refractivity contribution >= 4 is 49.5 Å². The Morgan fingerprint density at radius 2 is 2.14 bits per heavy atom. The third kappa shape index (κ3) is 2.51. The van der Waals surface area contributed by atoms with E-state index in [0.717, 1.165) is 32.1 Å². The quantitative estimate of drug-likeness (QED) is 0.651. The molecule has 0 amide bonds. The van der Waals surface area contributed by atoms with Gasteiger partial charge in [-0.05, 0) is 31.0 Å². The number of amidine groups is 1. The molecule has 146 valence electrons. The normalized spacial score (nSPS) is 22.4. The molecule has 1 fully saturated rings. The second-order valence-electron chi connectivity index (χ2n) is 7.24. The van der Waals surface area contributed by atoms with Crippen LogP contribution in [0.2, 0.25) is 5.02 Å². The lowest BCUT2D eigenvalue weighted by molar-refractivity contribution is 0.419. The molecule has 2 aromatic heterocycles. The predicted octanol–water partition coefficient (Wildman–Crippen LogP) is 3.92. The summed E-state index contributed by atoms with van der Waals surface area (Å²) in [7, 11) is -1.70. The molecule has 5 rings (SSSR count). The standard InChI is InChI=1S/C19H18ClN3O3S2/c1-26-14-4-2-3-10-7-12(22-16(10)14)15-8-11(20)17(27-15)13-9-28(24,25)19(5-6-19)18(21)23-13/h2-4,7-8,13,22H,5-6,9H2,1H3,(H2,21,23)/t13-/m0/s1. The van der Waals surface area contributed by atoms with E-state index in [0.29, 0.717) is 17.9 Å². The number of aliphatic imine (C=N–C) groups is 1. The van der Waals surface area contributed by atoms with Gasteiger partial charge in [-0.2, -0.15) is 0 Å². The van der Waals surface area contributed by atoms with Gasteiger partial charge in [0.25, 0.3) is 0 Å². The third-order valence-corrected chi connectivity index (χ3v) is 9.81. The van der Waals surface area contributed by atoms with E-state index in [1.807, 2.05) is 30.3 Å². The summed E-state index contributed by atoms with van der Waals surface area (Å²) in [5, 5.41) is 1.53. The molecule has 6 nitrogen and oxygen atoms in total. The second-order valence-corrected chi connectivity index (χ2v) is 11.1. The number of methoxy groups -OCH3 is 1. The van der Waals surface area contributed by atoms with Gasteiger partial charge in [-0.15, -0.1) is 11.3 Å². The number of aromatic nitrogens is 1. The van der Waals surface area contributed by atoms with Crippen LogP contribution in [0.5, 0.6) is 5.75 Å². The largest absolute Gasteiger partial charge is 0.495 e. The number of thiophene rings is 1. The molecule has 3 heterocycles. The molecule has 0 saturated heterocycles. The summed E-state index contributed by atoms with van der Waals surface area (Å²) >= 11 is 7.92. The number of nitrogens with zero attached hydrogens (tertiary/aromatic N) is 1. The summed E-state index contributed by atoms with van der Waals surface area (Å²) in [6, 6.07) is 9.15. The van der Waals surface area contributed by atoms with Crippen LogP contribution in [0, 0.1) is 0 Å². The molecule has 1 aliphatic heterocycles. The predicted molar refractivity (Wildman–Crippen MR) is 113 cm³/mol. The van der Waals surface area contributed by atoms with Crippen molar-refractivity contribution in [1.29, 1.82) is 0 Å². The van der Waals surface area contributed by atoms with E-state index < -0.39 is 20.6 Å². The summed E-state index contributed by atoms with van der Waals surface area (Å²) in [6.45, 7) is 0. The summed E-state index contributed by atoms with van der Waals surface area (Å²) < 4.78 is 29.9. The summed E-state index contributed by atoms with van der Waals surface area (Å²) in [5.74, 6) is 0.940. The molecule has 1 atom stereocenters. The van der Waals surface area contributed by atoms with Crippen LogP contribution >= 0.6 is 22.9 Å². The van der Waals surface area contributed by atoms with E-state index in [-0.39, 0.29) is 11.6 Å². The smallest absolute Gasteiger partial charge is 0.165 e. The molecule has 2 aliphatic rings. The van der Waals surface area contributed by atoms with Crippen molar-refractivity contribution in [2.24, 2.45) is 10.7 Å². The number of nitrogens with two attached hydrogens (primary N) is 1. The lowest BCUT2D eigenvalue weighted by Crippen LogP contribution is -2.44. The Bertz CT molecular complexity index is 1240. The van der Waals surface area contributed by atoms with E-state index in [4.69, 9.17) is 22.1 Å². The Morgan fingerprint density at radius 3 is 2.82 bits per heavy atom. The highest BCUT2D eigenvalue weighted by Crippen LogP contribution is 2.50. The fourth-order valence-electron chi connectivity index (χ4n) is 3.84. The van der Waals surface area contributed by atoms with Crippen LogP contribution < -0.4 is 10.5 Å². The van der Waals surface area contributed by atoms with Crippen LogP contribution in [0.15, 0.2) is 35.3 Å². The summed E-state index contributed by atoms with van der Waals surface area (Å²) in [5.41, 5.74) is 7.84. The number of benzene rings is 1. The fraction of sp³-hybridized carbons (Fsp3) is 0.316. The van der Waals surface area contributed by atoms with Crippen LogP contribution in [-0.2, 0) is 9.84 Å². The zero-order chi connectivity index (χ0) is 19.7. The number of H-pyrrole nitrogens is 1. The van der Waals surface area contributed by atoms with E-state index in [1.54, 1.807) is 7.11 Å². The highest BCUT2D eigenvalue weighted by molar-refractivity contribution is 7.94. The molecule has 28 heavy (non-hydrogen) atoms. The number of rotatable bonds is 3. The maximum Gasteiger partial charge on any atom is 0.165 e. The molecule has 1 aliphatic carbocycles. The molecule has 9 heteroatoms. The Morgan fingerprint density at radius 1 is 1.36 bits per heavy atom. The number of hydrogen-bond acceptors (Lipinski definition) is 6. The van der Waals surface area contributed by atoms with Gasteiger partial charge in [0.15, 0.2) is 9.84 Å². The van der Waals surface area contributed by atoms with Gasteiger partial charge in [-0.25, -0.2) is 8.42 Å². The van der Waals surface area contributed by atoms with Gasteiger partial charge in [0, 0.05) is 10.3 Å². The van der Waals surface area contributed by atoms with Gasteiger partial charge in [-0.1, -0.05) is 23.7 Å². The molecule has 1 spiro atoms. The lowest BCUT2D eigenvalue weighted by Gasteiger charge is -2.25. The van der Waals surface area contributed by atoms with Crippen LogP contribution in [-0.4, -0.2) is 36.8 Å². The highest BCUT2D eigenvalue weighted by Gasteiger charge is 2.60. The van der Waals surface area contributed by atoms with E-state index >= 15 is 0 Å². The Labute approximate surface area is 171 Å². The SMILES string of the molecule is COc1cccc2cc(-c3cc(Cl)c([C@@H]4CS(=O)(=O)C5(CC5)C(N)=N4)s3)[nH]c12. The molecule has 1 aromatic carbocycles. The number of ether oxygens (including phenoxy) is 1. The molecular weight excluding hydrogens is 418 g/mol. The van der Waals surface area contributed by atoms with Crippen molar-refractivity contribution in [2.75, 3.05) is 12.9 Å². The van der Waals surface area contributed by atoms with Crippen LogP contribution in [0.25, 0.3) is 21.5 Å². The molecule has 3 N–H and O–H groups in total. The minimum Gasteiger partial charge on any atom is -0.495 e. The molecule has 3 aromatic rings. The van der Waals surface area contributed by atoms with Gasteiger partial charge in [0.05, 0.1) is 34.0 Å². The second kappa shape index (κ2) is 5.98. The number of hydrogen-bond donors (Lipinski definition) is 2. The molecular formula is C19H18ClN3O3S2. The molecule has 0 unspecified atom stereocenters. The van der Waals surface area contributed by atoms with Crippen molar-refractivity contribution in [3.8, 4) is 16.3 Å². The number of sulfone groups is 1. The van der Waals surface area contributed by atoms with E-state index in [9.17, 15) is 8.42 Å². The van der Waals surface area contributed by atoms with Gasteiger partial charge >= 0.3 is 0 Å². The third-order valence-electron chi connectivity index (χ3n) is 5.56. The van der Waals surface area contributed by atoms with Crippen molar-refractivity contribution in [3.63, 3.8) is 0 Å². The zero-order valence-electron chi connectivity index (χ0n) is 15.0. The van der Waals surface area contributed by atoms with Crippen LogP contribution in [0.3, 0.4) is 0 Å². The maximum absolute atomic E-state index is 12.7. The van der Waals surface area contributed by atoms with Gasteiger partial charge in [0.2, 0.25) is 0 Å². The Kier molecular flexibility index (Phi) is 3.85. The topological polar surface area (TPSA) is 97.5 Å². The first-order valence-electron chi connectivity index (χ1n) is 8.86. The zero-order valence-corrected chi connectivity index (χ0v) is 17.4. The first-order chi connectivity index (χ1) is 13.3. The minimum atomic E-state index is -3.33. The highest BCUT2D eigenvalue weighted by atomic mass is 35.5. The van der Waals surface area contributed by atoms with E-state index in [1.165, 1.54) is 11.3 Å². The van der Waals surface area contributed by atoms with Crippen molar-refractivity contribution in [2.45, 2.75) is 23.6 Å². The van der Waals surface area contributed by atoms with Gasteiger partial charge in [0.1, 0.15) is 22.4 Å². The number of fused-ring (bicyclic) bond motifs is 1. The number of nitrogens with one attached hydrogen (secondary N) is 1. The van der Waals surface area contributed by atoms with Gasteiger partial charge in [-0.3, -0.25) is 4.99 Å². The number of para-hydroxylation sites is 1. The monoisotopic (exact) mass is 435 g/mol. The number of aromatic amines is 1. The van der Waals surface area contributed by atoms with Crippen LogP contribution in [0.4, 0.5) is 0 Å². The molecule has 0 radical (unpaired) electrons. The van der Waals surface area contributed by atoms with Crippen molar-refractivity contribution < 1.29 is 13.2 Å². The fourth-order valence-corrected chi connectivity index (χ4v) is 7.49. The first-order valence-corrected chi connectivity index (χ1v) is 11.7. The summed E-state index contributed by atoms with van der Waals surface area (Å²) in [4.78, 5) is 9.52. The number of halogens is 1. The lowest BCUT2D eigenvalue weighted by atomic mass is 10.2. The maximum atomic E-state index is 12.7. The average Bonchev–Trinajstić information content (AvgIpc) is 3.21. The Balaban J connectivity index is 1.56. The van der Waals surface area contributed by atoms with Crippen molar-refractivity contribution in [3.05, 3.63) is 40.2 Å². The summed E-state index contributed by atoms with van der Waals surface area (Å²) in [6.07, 6.45) is 1.13. The van der Waals surface area contributed by atoms with Crippen LogP contribution in [0.1, 0.15) is 23.8 Å². The van der Waals surface area contributed by atoms with E-state index in [2.05, 4.69) is 9.98 Å². The minimum absolute atomic E-state index is 0.0477. The van der Waals surface area contributed by atoms with Gasteiger partial charge < -0.3 is 15.5 Å². The average molecular weight is 436 g/mol. The molecule has 0 bridgehead atoms. The van der Waals surface area contributed by atoms with Crippen molar-refractivity contribution in [1.82, 2.24) is 4.98 Å². The molecule has 1 saturated carbocycles. The first kappa shape index (κ1) is 18.0. The Hall–Kier alpha value is -2.03.